The van der Waals surface area contributed by atoms with Crippen LogP contribution in [0.25, 0.3) is 0 Å². The van der Waals surface area contributed by atoms with E-state index in [1.807, 2.05) is 30.3 Å². The van der Waals surface area contributed by atoms with Crippen LogP contribution in [0, 0.1) is 11.8 Å². The minimum absolute atomic E-state index is 0.270. The standard InChI is InChI=1S/C25H30BrClN2O3/c1-31-23-6-7-24(26)20(15-23)14-18-8-11-28(12-9-18)13-10-19-16-29(25(30)32-17-19)22-4-2-21(27)3-5-22/h2-7,15,18-19H,8-14,16-17H2,1H3. The summed E-state index contributed by atoms with van der Waals surface area (Å²) >= 11 is 9.66. The lowest BCUT2D eigenvalue weighted by Gasteiger charge is -2.35. The maximum atomic E-state index is 12.2. The Hall–Kier alpha value is -1.76. The van der Waals surface area contributed by atoms with Crippen LogP contribution >= 0.6 is 27.5 Å². The van der Waals surface area contributed by atoms with E-state index in [-0.39, 0.29) is 6.09 Å². The van der Waals surface area contributed by atoms with Gasteiger partial charge in [-0.05, 0) is 99.3 Å². The molecule has 1 unspecified atom stereocenters. The molecule has 0 bridgehead atoms. The van der Waals surface area contributed by atoms with Crippen LogP contribution in [-0.4, -0.2) is 50.9 Å². The van der Waals surface area contributed by atoms with E-state index in [0.717, 1.165) is 48.4 Å². The number of methoxy groups -OCH3 is 1. The van der Waals surface area contributed by atoms with Crippen LogP contribution in [0.4, 0.5) is 10.5 Å². The highest BCUT2D eigenvalue weighted by molar-refractivity contribution is 9.10. The van der Waals surface area contributed by atoms with Crippen molar-refractivity contribution in [2.45, 2.75) is 25.7 Å². The third-order valence-electron chi connectivity index (χ3n) is 6.56. The van der Waals surface area contributed by atoms with Crippen LogP contribution in [0.2, 0.25) is 5.02 Å². The lowest BCUT2D eigenvalue weighted by molar-refractivity contribution is 0.103. The first kappa shape index (κ1) is 23.4. The number of likely N-dealkylation sites (tertiary alicyclic amines) is 1. The van der Waals surface area contributed by atoms with Gasteiger partial charge in [-0.3, -0.25) is 4.90 Å². The van der Waals surface area contributed by atoms with Gasteiger partial charge in [-0.1, -0.05) is 27.5 Å². The molecular formula is C25H30BrClN2O3. The van der Waals surface area contributed by atoms with Crippen molar-refractivity contribution in [3.63, 3.8) is 0 Å². The summed E-state index contributed by atoms with van der Waals surface area (Å²) in [6, 6.07) is 13.6. The lowest BCUT2D eigenvalue weighted by Crippen LogP contribution is -2.44. The number of halogens is 2. The van der Waals surface area contributed by atoms with Crippen molar-refractivity contribution in [2.24, 2.45) is 11.8 Å². The molecule has 0 spiro atoms. The van der Waals surface area contributed by atoms with Gasteiger partial charge >= 0.3 is 6.09 Å². The molecule has 0 radical (unpaired) electrons. The molecule has 2 heterocycles. The number of carbonyl (C=O) groups is 1. The second-order valence-corrected chi connectivity index (χ2v) is 10.1. The van der Waals surface area contributed by atoms with Crippen molar-refractivity contribution in [3.8, 4) is 5.75 Å². The zero-order chi connectivity index (χ0) is 22.5. The zero-order valence-electron chi connectivity index (χ0n) is 18.4. The molecule has 7 heteroatoms. The largest absolute Gasteiger partial charge is 0.497 e. The molecule has 0 aromatic heterocycles. The molecule has 1 atom stereocenters. The Morgan fingerprint density at radius 2 is 1.88 bits per heavy atom. The number of carbonyl (C=O) groups excluding carboxylic acids is 1. The van der Waals surface area contributed by atoms with Gasteiger partial charge in [-0.25, -0.2) is 4.79 Å². The molecule has 2 saturated heterocycles. The lowest BCUT2D eigenvalue weighted by atomic mass is 9.90. The van der Waals surface area contributed by atoms with Crippen LogP contribution in [0.5, 0.6) is 5.75 Å². The molecule has 2 fully saturated rings. The third-order valence-corrected chi connectivity index (χ3v) is 7.59. The first-order chi connectivity index (χ1) is 15.5. The summed E-state index contributed by atoms with van der Waals surface area (Å²) in [6.45, 7) is 4.50. The van der Waals surface area contributed by atoms with Crippen LogP contribution < -0.4 is 9.64 Å². The number of piperidine rings is 1. The van der Waals surface area contributed by atoms with Crippen LogP contribution in [0.3, 0.4) is 0 Å². The highest BCUT2D eigenvalue weighted by Gasteiger charge is 2.29. The molecule has 172 valence electrons. The minimum atomic E-state index is -0.270. The molecule has 2 aromatic rings. The molecule has 2 aliphatic rings. The van der Waals surface area contributed by atoms with E-state index in [2.05, 4.69) is 33.0 Å². The van der Waals surface area contributed by atoms with E-state index in [1.165, 1.54) is 18.4 Å². The molecule has 0 saturated carbocycles. The maximum Gasteiger partial charge on any atom is 0.414 e. The Bertz CT molecular complexity index is 916. The molecule has 0 aliphatic carbocycles. The van der Waals surface area contributed by atoms with Gasteiger partial charge in [-0.15, -0.1) is 0 Å². The zero-order valence-corrected chi connectivity index (χ0v) is 20.8. The summed E-state index contributed by atoms with van der Waals surface area (Å²) in [7, 11) is 1.72. The summed E-state index contributed by atoms with van der Waals surface area (Å²) in [6.07, 6.45) is 4.26. The van der Waals surface area contributed by atoms with Crippen LogP contribution in [0.15, 0.2) is 46.9 Å². The van der Waals surface area contributed by atoms with E-state index in [0.29, 0.717) is 30.0 Å². The van der Waals surface area contributed by atoms with Crippen LogP contribution in [-0.2, 0) is 11.2 Å². The van der Waals surface area contributed by atoms with Gasteiger partial charge in [0.25, 0.3) is 0 Å². The Labute approximate surface area is 203 Å². The number of hydrogen-bond donors (Lipinski definition) is 0. The van der Waals surface area contributed by atoms with Crippen molar-refractivity contribution >= 4 is 39.3 Å². The highest BCUT2D eigenvalue weighted by Crippen LogP contribution is 2.29. The molecule has 4 rings (SSSR count). The molecule has 1 amide bonds. The Balaban J connectivity index is 1.23. The molecule has 32 heavy (non-hydrogen) atoms. The number of ether oxygens (including phenoxy) is 2. The molecular weight excluding hydrogens is 492 g/mol. The second kappa shape index (κ2) is 10.9. The Kier molecular flexibility index (Phi) is 7.98. The first-order valence-electron chi connectivity index (χ1n) is 11.3. The highest BCUT2D eigenvalue weighted by atomic mass is 79.9. The molecule has 2 aromatic carbocycles. The number of cyclic esters (lactones) is 1. The van der Waals surface area contributed by atoms with Gasteiger partial charge in [0.1, 0.15) is 5.75 Å². The molecule has 0 N–H and O–H groups in total. The summed E-state index contributed by atoms with van der Waals surface area (Å²) in [4.78, 5) is 16.5. The average molecular weight is 522 g/mol. The smallest absolute Gasteiger partial charge is 0.414 e. The van der Waals surface area contributed by atoms with E-state index < -0.39 is 0 Å². The van der Waals surface area contributed by atoms with Gasteiger partial charge in [0.05, 0.1) is 13.7 Å². The fourth-order valence-corrected chi connectivity index (χ4v) is 5.12. The van der Waals surface area contributed by atoms with Gasteiger partial charge in [0.15, 0.2) is 0 Å². The predicted octanol–water partition coefficient (Wildman–Crippen LogP) is 6.03. The Morgan fingerprint density at radius 3 is 2.59 bits per heavy atom. The van der Waals surface area contributed by atoms with Crippen molar-refractivity contribution in [2.75, 3.05) is 44.8 Å². The first-order valence-corrected chi connectivity index (χ1v) is 12.4. The van der Waals surface area contributed by atoms with E-state index in [1.54, 1.807) is 12.0 Å². The van der Waals surface area contributed by atoms with Crippen LogP contribution in [0.1, 0.15) is 24.8 Å². The maximum absolute atomic E-state index is 12.2. The van der Waals surface area contributed by atoms with Crippen molar-refractivity contribution in [1.29, 1.82) is 0 Å². The van der Waals surface area contributed by atoms with Gasteiger partial charge in [0, 0.05) is 27.6 Å². The average Bonchev–Trinajstić information content (AvgIpc) is 2.81. The fraction of sp³-hybridized carbons (Fsp3) is 0.480. The number of benzene rings is 2. The minimum Gasteiger partial charge on any atom is -0.497 e. The second-order valence-electron chi connectivity index (χ2n) is 8.77. The number of rotatable bonds is 7. The van der Waals surface area contributed by atoms with Gasteiger partial charge < -0.3 is 14.4 Å². The predicted molar refractivity (Wildman–Crippen MR) is 132 cm³/mol. The van der Waals surface area contributed by atoms with Crippen molar-refractivity contribution in [1.82, 2.24) is 4.90 Å². The Morgan fingerprint density at radius 1 is 1.12 bits per heavy atom. The number of anilines is 1. The summed E-state index contributed by atoms with van der Waals surface area (Å²) in [5.74, 6) is 1.96. The topological polar surface area (TPSA) is 42.0 Å². The SMILES string of the molecule is COc1ccc(Br)c(CC2CCN(CCC3COC(=O)N(c4ccc(Cl)cc4)C3)CC2)c1. The van der Waals surface area contributed by atoms with Crippen molar-refractivity contribution < 1.29 is 14.3 Å². The number of nitrogens with zero attached hydrogens (tertiary/aromatic N) is 2. The normalized spacial score (nSPS) is 20.3. The number of amides is 1. The third kappa shape index (κ3) is 5.97. The summed E-state index contributed by atoms with van der Waals surface area (Å²) < 4.78 is 12.0. The van der Waals surface area contributed by atoms with Gasteiger partial charge in [-0.2, -0.15) is 0 Å². The summed E-state index contributed by atoms with van der Waals surface area (Å²) in [5.41, 5.74) is 2.17. The van der Waals surface area contributed by atoms with Crippen molar-refractivity contribution in [3.05, 3.63) is 57.5 Å². The fourth-order valence-electron chi connectivity index (χ4n) is 4.58. The quantitative estimate of drug-likeness (QED) is 0.446. The number of hydrogen-bond acceptors (Lipinski definition) is 4. The van der Waals surface area contributed by atoms with Gasteiger partial charge in [0.2, 0.25) is 0 Å². The van der Waals surface area contributed by atoms with E-state index in [4.69, 9.17) is 21.1 Å². The summed E-state index contributed by atoms with van der Waals surface area (Å²) in [5, 5.41) is 0.665. The monoisotopic (exact) mass is 520 g/mol. The molecule has 5 nitrogen and oxygen atoms in total. The molecule has 2 aliphatic heterocycles. The van der Waals surface area contributed by atoms with E-state index in [9.17, 15) is 4.79 Å². The van der Waals surface area contributed by atoms with E-state index >= 15 is 0 Å².